The smallest absolute Gasteiger partial charge is 0.0236 e. The van der Waals surface area contributed by atoms with Crippen LogP contribution >= 0.6 is 0 Å². The van der Waals surface area contributed by atoms with E-state index in [-0.39, 0.29) is 0 Å². The van der Waals surface area contributed by atoms with Crippen molar-refractivity contribution in [2.24, 2.45) is 5.92 Å². The Morgan fingerprint density at radius 1 is 1.00 bits per heavy atom. The predicted molar refractivity (Wildman–Crippen MR) is 71.3 cm³/mol. The molecule has 0 aromatic rings. The van der Waals surface area contributed by atoms with Crippen LogP contribution in [0.4, 0.5) is 0 Å². The SMILES string of the molecule is CC=CC1=CC2=C(C=C(C(C)C)CC2)CC1. The van der Waals surface area contributed by atoms with E-state index in [4.69, 9.17) is 0 Å². The van der Waals surface area contributed by atoms with Gasteiger partial charge in [-0.2, -0.15) is 0 Å². The van der Waals surface area contributed by atoms with E-state index in [1.807, 2.05) is 0 Å². The third kappa shape index (κ3) is 2.37. The Balaban J connectivity index is 2.25. The molecule has 16 heavy (non-hydrogen) atoms. The highest BCUT2D eigenvalue weighted by Crippen LogP contribution is 2.35. The lowest BCUT2D eigenvalue weighted by Crippen LogP contribution is -2.06. The third-order valence-corrected chi connectivity index (χ3v) is 3.62. The second-order valence-electron chi connectivity index (χ2n) is 5.14. The Morgan fingerprint density at radius 3 is 2.38 bits per heavy atom. The van der Waals surface area contributed by atoms with Gasteiger partial charge in [-0.3, -0.25) is 0 Å². The van der Waals surface area contributed by atoms with E-state index in [1.54, 1.807) is 16.7 Å². The molecular weight excluding hydrogens is 192 g/mol. The molecule has 0 unspecified atom stereocenters. The van der Waals surface area contributed by atoms with Gasteiger partial charge in [-0.1, -0.05) is 43.7 Å². The highest BCUT2D eigenvalue weighted by molar-refractivity contribution is 5.46. The molecule has 2 aliphatic carbocycles. The van der Waals surface area contributed by atoms with Gasteiger partial charge in [-0.15, -0.1) is 0 Å². The van der Waals surface area contributed by atoms with Gasteiger partial charge in [-0.25, -0.2) is 0 Å². The lowest BCUT2D eigenvalue weighted by Gasteiger charge is -2.24. The lowest BCUT2D eigenvalue weighted by molar-refractivity contribution is 0.690. The first-order chi connectivity index (χ1) is 7.70. The molecule has 86 valence electrons. The van der Waals surface area contributed by atoms with Gasteiger partial charge in [0, 0.05) is 0 Å². The van der Waals surface area contributed by atoms with Gasteiger partial charge in [0.05, 0.1) is 0 Å². The fourth-order valence-corrected chi connectivity index (χ4v) is 2.60. The van der Waals surface area contributed by atoms with Crippen molar-refractivity contribution in [3.05, 3.63) is 46.6 Å². The number of allylic oxidation sites excluding steroid dienone is 8. The summed E-state index contributed by atoms with van der Waals surface area (Å²) in [6.07, 6.45) is 14.2. The zero-order valence-electron chi connectivity index (χ0n) is 10.7. The van der Waals surface area contributed by atoms with Crippen LogP contribution in [0.25, 0.3) is 0 Å². The first kappa shape index (κ1) is 11.4. The second kappa shape index (κ2) is 4.86. The molecule has 2 rings (SSSR count). The minimum Gasteiger partial charge on any atom is -0.0874 e. The number of hydrogen-bond donors (Lipinski definition) is 0. The van der Waals surface area contributed by atoms with Gasteiger partial charge in [0.1, 0.15) is 0 Å². The molecule has 0 saturated carbocycles. The van der Waals surface area contributed by atoms with Crippen LogP contribution < -0.4 is 0 Å². The topological polar surface area (TPSA) is 0 Å². The zero-order valence-corrected chi connectivity index (χ0v) is 10.7. The van der Waals surface area contributed by atoms with Crippen molar-refractivity contribution >= 4 is 0 Å². The Kier molecular flexibility index (Phi) is 3.48. The van der Waals surface area contributed by atoms with Gasteiger partial charge >= 0.3 is 0 Å². The van der Waals surface area contributed by atoms with E-state index in [0.717, 1.165) is 5.92 Å². The molecule has 0 spiro atoms. The van der Waals surface area contributed by atoms with Crippen LogP contribution in [0.15, 0.2) is 46.6 Å². The van der Waals surface area contributed by atoms with Gasteiger partial charge in [-0.05, 0) is 55.2 Å². The summed E-state index contributed by atoms with van der Waals surface area (Å²) in [7, 11) is 0. The fourth-order valence-electron chi connectivity index (χ4n) is 2.60. The van der Waals surface area contributed by atoms with Crippen LogP contribution in [0.2, 0.25) is 0 Å². The minimum atomic E-state index is 0.718. The standard InChI is InChI=1S/C16H22/c1-4-5-13-6-7-16-11-14(12(2)3)8-9-15(16)10-13/h4-5,10-12H,6-9H2,1-3H3. The van der Waals surface area contributed by atoms with Crippen LogP contribution in [-0.2, 0) is 0 Å². The molecule has 0 saturated heterocycles. The van der Waals surface area contributed by atoms with Crippen molar-refractivity contribution in [2.45, 2.75) is 46.5 Å². The maximum atomic E-state index is 2.46. The fraction of sp³-hybridized carbons (Fsp3) is 0.500. The van der Waals surface area contributed by atoms with Gasteiger partial charge in [0.25, 0.3) is 0 Å². The Hall–Kier alpha value is -1.04. The Labute approximate surface area is 99.4 Å². The molecule has 0 fully saturated rings. The first-order valence-corrected chi connectivity index (χ1v) is 6.46. The van der Waals surface area contributed by atoms with Crippen molar-refractivity contribution in [3.8, 4) is 0 Å². The molecule has 0 amide bonds. The molecule has 0 aliphatic heterocycles. The van der Waals surface area contributed by atoms with Gasteiger partial charge in [0.15, 0.2) is 0 Å². The average Bonchev–Trinajstić information content (AvgIpc) is 2.28. The molecule has 0 aromatic carbocycles. The predicted octanol–water partition coefficient (Wildman–Crippen LogP) is 4.96. The summed E-state index contributed by atoms with van der Waals surface area (Å²) in [6.45, 7) is 6.71. The van der Waals surface area contributed by atoms with Gasteiger partial charge < -0.3 is 0 Å². The quantitative estimate of drug-likeness (QED) is 0.609. The molecule has 2 aliphatic rings. The summed E-state index contributed by atoms with van der Waals surface area (Å²) in [4.78, 5) is 0. The lowest BCUT2D eigenvalue weighted by atomic mass is 9.81. The monoisotopic (exact) mass is 214 g/mol. The van der Waals surface area contributed by atoms with Crippen LogP contribution in [0.5, 0.6) is 0 Å². The van der Waals surface area contributed by atoms with Crippen molar-refractivity contribution in [2.75, 3.05) is 0 Å². The summed E-state index contributed by atoms with van der Waals surface area (Å²) in [5.41, 5.74) is 6.33. The summed E-state index contributed by atoms with van der Waals surface area (Å²) >= 11 is 0. The Bertz CT molecular complexity index is 386. The van der Waals surface area contributed by atoms with Crippen LogP contribution in [0.1, 0.15) is 46.5 Å². The van der Waals surface area contributed by atoms with Crippen molar-refractivity contribution < 1.29 is 0 Å². The summed E-state index contributed by atoms with van der Waals surface area (Å²) in [5, 5.41) is 0. The molecular formula is C16H22. The number of rotatable bonds is 2. The molecule has 0 radical (unpaired) electrons. The largest absolute Gasteiger partial charge is 0.0874 e. The van der Waals surface area contributed by atoms with E-state index >= 15 is 0 Å². The summed E-state index contributed by atoms with van der Waals surface area (Å²) < 4.78 is 0. The molecule has 0 bridgehead atoms. The molecule has 0 N–H and O–H groups in total. The average molecular weight is 214 g/mol. The minimum absolute atomic E-state index is 0.718. The van der Waals surface area contributed by atoms with Crippen molar-refractivity contribution in [3.63, 3.8) is 0 Å². The first-order valence-electron chi connectivity index (χ1n) is 6.46. The Morgan fingerprint density at radius 2 is 1.69 bits per heavy atom. The van der Waals surface area contributed by atoms with Crippen LogP contribution in [0.3, 0.4) is 0 Å². The third-order valence-electron chi connectivity index (χ3n) is 3.62. The van der Waals surface area contributed by atoms with Crippen molar-refractivity contribution in [1.82, 2.24) is 0 Å². The normalized spacial score (nSPS) is 21.2. The van der Waals surface area contributed by atoms with Crippen LogP contribution in [-0.4, -0.2) is 0 Å². The summed E-state index contributed by atoms with van der Waals surface area (Å²) in [6, 6.07) is 0. The summed E-state index contributed by atoms with van der Waals surface area (Å²) in [5.74, 6) is 0.718. The maximum absolute atomic E-state index is 2.46. The molecule has 0 heteroatoms. The molecule has 0 aromatic heterocycles. The zero-order chi connectivity index (χ0) is 11.5. The number of hydrogen-bond acceptors (Lipinski definition) is 0. The molecule has 0 atom stereocenters. The van der Waals surface area contributed by atoms with E-state index in [1.165, 1.54) is 31.3 Å². The highest BCUT2D eigenvalue weighted by Gasteiger charge is 2.17. The van der Waals surface area contributed by atoms with E-state index in [9.17, 15) is 0 Å². The van der Waals surface area contributed by atoms with E-state index in [0.29, 0.717) is 0 Å². The maximum Gasteiger partial charge on any atom is -0.0236 e. The second-order valence-corrected chi connectivity index (χ2v) is 5.14. The van der Waals surface area contributed by atoms with Crippen LogP contribution in [0, 0.1) is 5.92 Å². The van der Waals surface area contributed by atoms with E-state index in [2.05, 4.69) is 45.1 Å². The van der Waals surface area contributed by atoms with E-state index < -0.39 is 0 Å². The molecule has 0 heterocycles. The highest BCUT2D eigenvalue weighted by atomic mass is 14.2. The van der Waals surface area contributed by atoms with Gasteiger partial charge in [0.2, 0.25) is 0 Å². The molecule has 0 nitrogen and oxygen atoms in total. The van der Waals surface area contributed by atoms with Crippen molar-refractivity contribution in [1.29, 1.82) is 0 Å².